The molecule has 1 aliphatic rings. The van der Waals surface area contributed by atoms with Gasteiger partial charge < -0.3 is 10.2 Å². The summed E-state index contributed by atoms with van der Waals surface area (Å²) in [5.41, 5.74) is 0. The highest BCUT2D eigenvalue weighted by Gasteiger charge is 2.17. The van der Waals surface area contributed by atoms with Crippen LogP contribution in [0.5, 0.6) is 0 Å². The van der Waals surface area contributed by atoms with Crippen molar-refractivity contribution in [2.75, 3.05) is 13.6 Å². The molecule has 0 bridgehead atoms. The fourth-order valence-electron chi connectivity index (χ4n) is 1.71. The first-order valence-electron chi connectivity index (χ1n) is 5.12. The predicted molar refractivity (Wildman–Crippen MR) is 53.6 cm³/mol. The van der Waals surface area contributed by atoms with Crippen molar-refractivity contribution in [1.29, 1.82) is 5.26 Å². The van der Waals surface area contributed by atoms with Gasteiger partial charge in [0.15, 0.2) is 0 Å². The Hall–Kier alpha value is -1.24. The van der Waals surface area contributed by atoms with Crippen molar-refractivity contribution in [3.05, 3.63) is 0 Å². The number of hydrogen-bond donors (Lipinski definition) is 1. The van der Waals surface area contributed by atoms with E-state index in [0.717, 1.165) is 12.8 Å². The Morgan fingerprint density at radius 2 is 2.14 bits per heavy atom. The summed E-state index contributed by atoms with van der Waals surface area (Å²) in [6.45, 7) is 0.151. The van der Waals surface area contributed by atoms with Gasteiger partial charge in [-0.15, -0.1) is 0 Å². The Morgan fingerprint density at radius 3 is 2.71 bits per heavy atom. The van der Waals surface area contributed by atoms with E-state index in [4.69, 9.17) is 5.26 Å². The summed E-state index contributed by atoms with van der Waals surface area (Å²) >= 11 is 0. The molecule has 1 saturated carbocycles. The van der Waals surface area contributed by atoms with E-state index in [-0.39, 0.29) is 12.6 Å². The standard InChI is InChI=1S/C10H17N3O/c1-13(8-7-11)10(14)12-9-5-3-2-4-6-9/h9H,2-6,8H2,1H3,(H,12,14). The number of rotatable bonds is 2. The molecule has 1 rings (SSSR count). The maximum absolute atomic E-state index is 11.5. The van der Waals surface area contributed by atoms with Gasteiger partial charge in [0, 0.05) is 13.1 Å². The van der Waals surface area contributed by atoms with Crippen molar-refractivity contribution >= 4 is 6.03 Å². The van der Waals surface area contributed by atoms with Crippen molar-refractivity contribution in [2.45, 2.75) is 38.1 Å². The van der Waals surface area contributed by atoms with Gasteiger partial charge in [-0.1, -0.05) is 19.3 Å². The van der Waals surface area contributed by atoms with Crippen molar-refractivity contribution < 1.29 is 4.79 Å². The summed E-state index contributed by atoms with van der Waals surface area (Å²) in [6.07, 6.45) is 5.83. The zero-order chi connectivity index (χ0) is 10.4. The van der Waals surface area contributed by atoms with E-state index in [0.29, 0.717) is 6.04 Å². The molecule has 0 aliphatic heterocycles. The Morgan fingerprint density at radius 1 is 1.50 bits per heavy atom. The first-order chi connectivity index (χ1) is 6.74. The number of amides is 2. The molecule has 0 radical (unpaired) electrons. The van der Waals surface area contributed by atoms with Crippen LogP contribution >= 0.6 is 0 Å². The molecule has 0 heterocycles. The SMILES string of the molecule is CN(CC#N)C(=O)NC1CCCCC1. The Balaban J connectivity index is 2.28. The van der Waals surface area contributed by atoms with E-state index in [2.05, 4.69) is 5.32 Å². The molecule has 0 atom stereocenters. The minimum Gasteiger partial charge on any atom is -0.335 e. The number of carbonyl (C=O) groups excluding carboxylic acids is 1. The second-order valence-corrected chi connectivity index (χ2v) is 3.80. The third-order valence-electron chi connectivity index (χ3n) is 2.59. The quantitative estimate of drug-likeness (QED) is 0.678. The van der Waals surface area contributed by atoms with Crippen LogP contribution in [-0.2, 0) is 0 Å². The largest absolute Gasteiger partial charge is 0.335 e. The maximum Gasteiger partial charge on any atom is 0.318 e. The number of urea groups is 1. The molecular weight excluding hydrogens is 178 g/mol. The van der Waals surface area contributed by atoms with Crippen molar-refractivity contribution in [3.63, 3.8) is 0 Å². The fraction of sp³-hybridized carbons (Fsp3) is 0.800. The van der Waals surface area contributed by atoms with Gasteiger partial charge in [0.2, 0.25) is 0 Å². The molecule has 0 spiro atoms. The van der Waals surface area contributed by atoms with E-state index in [9.17, 15) is 4.79 Å². The highest BCUT2D eigenvalue weighted by molar-refractivity contribution is 5.74. The third-order valence-corrected chi connectivity index (χ3v) is 2.59. The Labute approximate surface area is 84.9 Å². The summed E-state index contributed by atoms with van der Waals surface area (Å²) in [4.78, 5) is 12.9. The molecule has 1 aliphatic carbocycles. The first-order valence-corrected chi connectivity index (χ1v) is 5.12. The van der Waals surface area contributed by atoms with Gasteiger partial charge in [-0.05, 0) is 12.8 Å². The molecule has 78 valence electrons. The molecule has 0 unspecified atom stereocenters. The van der Waals surface area contributed by atoms with Gasteiger partial charge in [-0.25, -0.2) is 4.79 Å². The molecule has 1 fully saturated rings. The number of nitriles is 1. The van der Waals surface area contributed by atoms with Gasteiger partial charge >= 0.3 is 6.03 Å². The summed E-state index contributed by atoms with van der Waals surface area (Å²) < 4.78 is 0. The summed E-state index contributed by atoms with van der Waals surface area (Å²) in [6, 6.07) is 2.14. The average Bonchev–Trinajstić information content (AvgIpc) is 2.19. The monoisotopic (exact) mass is 195 g/mol. The van der Waals surface area contributed by atoms with Crippen LogP contribution in [0.3, 0.4) is 0 Å². The average molecular weight is 195 g/mol. The number of nitrogens with zero attached hydrogens (tertiary/aromatic N) is 2. The Kier molecular flexibility index (Phi) is 4.24. The lowest BCUT2D eigenvalue weighted by Crippen LogP contribution is -2.43. The molecule has 14 heavy (non-hydrogen) atoms. The van der Waals surface area contributed by atoms with Crippen LogP contribution in [0.1, 0.15) is 32.1 Å². The smallest absolute Gasteiger partial charge is 0.318 e. The van der Waals surface area contributed by atoms with Gasteiger partial charge in [0.25, 0.3) is 0 Å². The van der Waals surface area contributed by atoms with Gasteiger partial charge in [0.05, 0.1) is 6.07 Å². The van der Waals surface area contributed by atoms with Crippen LogP contribution in [0.25, 0.3) is 0 Å². The van der Waals surface area contributed by atoms with Crippen molar-refractivity contribution in [1.82, 2.24) is 10.2 Å². The molecule has 0 aromatic heterocycles. The van der Waals surface area contributed by atoms with Crippen molar-refractivity contribution in [2.24, 2.45) is 0 Å². The van der Waals surface area contributed by atoms with Gasteiger partial charge in [-0.3, -0.25) is 0 Å². The minimum atomic E-state index is -0.126. The van der Waals surface area contributed by atoms with Gasteiger partial charge in [0.1, 0.15) is 6.54 Å². The summed E-state index contributed by atoms with van der Waals surface area (Å²) in [5, 5.41) is 11.4. The van der Waals surface area contributed by atoms with Crippen molar-refractivity contribution in [3.8, 4) is 6.07 Å². The summed E-state index contributed by atoms with van der Waals surface area (Å²) in [5.74, 6) is 0. The van der Waals surface area contributed by atoms with Crippen LogP contribution in [0.4, 0.5) is 4.79 Å². The van der Waals surface area contributed by atoms with Crippen LogP contribution in [0, 0.1) is 11.3 Å². The fourth-order valence-corrected chi connectivity index (χ4v) is 1.71. The normalized spacial score (nSPS) is 17.1. The highest BCUT2D eigenvalue weighted by Crippen LogP contribution is 2.17. The van der Waals surface area contributed by atoms with Crippen LogP contribution < -0.4 is 5.32 Å². The molecule has 0 saturated heterocycles. The lowest BCUT2D eigenvalue weighted by atomic mass is 9.96. The van der Waals surface area contributed by atoms with Crippen LogP contribution in [0.15, 0.2) is 0 Å². The van der Waals surface area contributed by atoms with E-state index in [1.807, 2.05) is 6.07 Å². The topological polar surface area (TPSA) is 56.1 Å². The third kappa shape index (κ3) is 3.25. The number of hydrogen-bond acceptors (Lipinski definition) is 2. The molecule has 0 aromatic carbocycles. The van der Waals surface area contributed by atoms with E-state index >= 15 is 0 Å². The first kappa shape index (κ1) is 10.8. The lowest BCUT2D eigenvalue weighted by Gasteiger charge is -2.25. The zero-order valence-corrected chi connectivity index (χ0v) is 8.62. The molecule has 4 heteroatoms. The number of carbonyl (C=O) groups is 1. The lowest BCUT2D eigenvalue weighted by molar-refractivity contribution is 0.205. The molecule has 1 N–H and O–H groups in total. The van der Waals surface area contributed by atoms with Gasteiger partial charge in [-0.2, -0.15) is 5.26 Å². The van der Waals surface area contributed by atoms with E-state index in [1.165, 1.54) is 24.2 Å². The highest BCUT2D eigenvalue weighted by atomic mass is 16.2. The molecule has 0 aromatic rings. The van der Waals surface area contributed by atoms with E-state index in [1.54, 1.807) is 7.05 Å². The maximum atomic E-state index is 11.5. The minimum absolute atomic E-state index is 0.126. The number of nitrogens with one attached hydrogen (secondary N) is 1. The van der Waals surface area contributed by atoms with E-state index < -0.39 is 0 Å². The van der Waals surface area contributed by atoms with Crippen LogP contribution in [0.2, 0.25) is 0 Å². The second kappa shape index (κ2) is 5.48. The molecule has 4 nitrogen and oxygen atoms in total. The van der Waals surface area contributed by atoms with Crippen LogP contribution in [-0.4, -0.2) is 30.6 Å². The predicted octanol–water partition coefficient (Wildman–Crippen LogP) is 1.48. The molecular formula is C10H17N3O. The second-order valence-electron chi connectivity index (χ2n) is 3.80. The molecule has 2 amide bonds. The zero-order valence-electron chi connectivity index (χ0n) is 8.62. The Bertz CT molecular complexity index is 228. The summed E-state index contributed by atoms with van der Waals surface area (Å²) in [7, 11) is 1.64.